The molecule has 0 amide bonds. The van der Waals surface area contributed by atoms with Gasteiger partial charge in [0.2, 0.25) is 0 Å². The summed E-state index contributed by atoms with van der Waals surface area (Å²) in [7, 11) is 1.63. The van der Waals surface area contributed by atoms with Crippen molar-refractivity contribution >= 4 is 32.6 Å². The van der Waals surface area contributed by atoms with E-state index in [0.29, 0.717) is 18.1 Å². The maximum Gasteiger partial charge on any atom is 0.181 e. The second-order valence-electron chi connectivity index (χ2n) is 5.37. The predicted octanol–water partition coefficient (Wildman–Crippen LogP) is 4.79. The third-order valence-electron chi connectivity index (χ3n) is 3.63. The van der Waals surface area contributed by atoms with Crippen molar-refractivity contribution in [1.82, 2.24) is 4.98 Å². The summed E-state index contributed by atoms with van der Waals surface area (Å²) in [4.78, 5) is 16.3. The predicted molar refractivity (Wildman–Crippen MR) is 96.8 cm³/mol. The van der Waals surface area contributed by atoms with E-state index in [1.807, 2.05) is 48.5 Å². The van der Waals surface area contributed by atoms with Crippen LogP contribution in [-0.2, 0) is 6.61 Å². The minimum absolute atomic E-state index is 0.121. The Bertz CT molecular complexity index is 891. The minimum Gasteiger partial charge on any atom is -0.497 e. The number of aromatic nitrogens is 1. The van der Waals surface area contributed by atoms with Gasteiger partial charge in [-0.05, 0) is 42.0 Å². The van der Waals surface area contributed by atoms with Crippen LogP contribution in [0.2, 0.25) is 0 Å². The Morgan fingerprint density at radius 1 is 1.12 bits per heavy atom. The van der Waals surface area contributed by atoms with E-state index in [0.717, 1.165) is 26.7 Å². The Balaban J connectivity index is 1.91. The molecule has 4 nitrogen and oxygen atoms in total. The molecule has 0 radical (unpaired) electrons. The zero-order valence-corrected chi connectivity index (χ0v) is 15.0. The SMILES string of the molecule is COc1ccc(COc2cc3cc(Br)ccc3nc2C(C)=O)cc1. The van der Waals surface area contributed by atoms with Gasteiger partial charge >= 0.3 is 0 Å². The number of hydrogen-bond acceptors (Lipinski definition) is 4. The standard InChI is InChI=1S/C19H16BrNO3/c1-12(22)19-18(10-14-9-15(20)5-8-17(14)21-19)24-11-13-3-6-16(23-2)7-4-13/h3-10H,11H2,1-2H3. The molecule has 0 spiro atoms. The van der Waals surface area contributed by atoms with Crippen molar-refractivity contribution in [2.45, 2.75) is 13.5 Å². The summed E-state index contributed by atoms with van der Waals surface area (Å²) in [6.45, 7) is 1.85. The van der Waals surface area contributed by atoms with Crippen LogP contribution in [0, 0.1) is 0 Å². The lowest BCUT2D eigenvalue weighted by Crippen LogP contribution is -2.04. The quantitative estimate of drug-likeness (QED) is 0.592. The van der Waals surface area contributed by atoms with Gasteiger partial charge in [-0.1, -0.05) is 28.1 Å². The first-order chi connectivity index (χ1) is 11.6. The highest BCUT2D eigenvalue weighted by atomic mass is 79.9. The first kappa shape index (κ1) is 16.5. The van der Waals surface area contributed by atoms with Crippen LogP contribution in [0.5, 0.6) is 11.5 Å². The normalized spacial score (nSPS) is 10.6. The molecule has 0 aliphatic rings. The first-order valence-corrected chi connectivity index (χ1v) is 8.23. The number of halogens is 1. The number of carbonyl (C=O) groups excluding carboxylic acids is 1. The largest absolute Gasteiger partial charge is 0.497 e. The molecule has 0 bridgehead atoms. The third-order valence-corrected chi connectivity index (χ3v) is 4.12. The monoisotopic (exact) mass is 385 g/mol. The van der Waals surface area contributed by atoms with Gasteiger partial charge in [-0.2, -0.15) is 0 Å². The highest BCUT2D eigenvalue weighted by Crippen LogP contribution is 2.27. The fourth-order valence-electron chi connectivity index (χ4n) is 2.37. The summed E-state index contributed by atoms with van der Waals surface area (Å²) in [5.74, 6) is 1.16. The third kappa shape index (κ3) is 3.57. The van der Waals surface area contributed by atoms with E-state index in [-0.39, 0.29) is 5.78 Å². The topological polar surface area (TPSA) is 48.4 Å². The van der Waals surface area contributed by atoms with Crippen molar-refractivity contribution in [3.05, 3.63) is 64.3 Å². The molecule has 0 saturated carbocycles. The molecule has 3 rings (SSSR count). The highest BCUT2D eigenvalue weighted by Gasteiger charge is 2.13. The lowest BCUT2D eigenvalue weighted by Gasteiger charge is -2.11. The number of hydrogen-bond donors (Lipinski definition) is 0. The first-order valence-electron chi connectivity index (χ1n) is 7.44. The zero-order valence-electron chi connectivity index (χ0n) is 13.4. The van der Waals surface area contributed by atoms with E-state index in [9.17, 15) is 4.79 Å². The fraction of sp³-hybridized carbons (Fsp3) is 0.158. The van der Waals surface area contributed by atoms with Crippen molar-refractivity contribution in [2.75, 3.05) is 7.11 Å². The Morgan fingerprint density at radius 2 is 1.88 bits per heavy atom. The number of benzene rings is 2. The number of rotatable bonds is 5. The van der Waals surface area contributed by atoms with Crippen LogP contribution in [0.3, 0.4) is 0 Å². The number of ketones is 1. The van der Waals surface area contributed by atoms with Gasteiger partial charge in [0.15, 0.2) is 5.78 Å². The Kier molecular flexibility index (Phi) is 4.81. The van der Waals surface area contributed by atoms with E-state index in [1.54, 1.807) is 7.11 Å². The van der Waals surface area contributed by atoms with E-state index in [2.05, 4.69) is 20.9 Å². The minimum atomic E-state index is -0.121. The van der Waals surface area contributed by atoms with Crippen LogP contribution in [0.15, 0.2) is 53.0 Å². The number of Topliss-reactive ketones (excluding diaryl/α,β-unsaturated/α-hetero) is 1. The number of pyridine rings is 1. The molecule has 0 unspecified atom stereocenters. The Labute approximate surface area is 148 Å². The van der Waals surface area contributed by atoms with Gasteiger partial charge in [0, 0.05) is 16.8 Å². The van der Waals surface area contributed by atoms with Crippen molar-refractivity contribution in [1.29, 1.82) is 0 Å². The lowest BCUT2D eigenvalue weighted by atomic mass is 10.1. The molecule has 3 aromatic rings. The molecule has 5 heteroatoms. The van der Waals surface area contributed by atoms with E-state index in [4.69, 9.17) is 9.47 Å². The van der Waals surface area contributed by atoms with Gasteiger partial charge in [-0.3, -0.25) is 4.79 Å². The van der Waals surface area contributed by atoms with Gasteiger partial charge in [0.1, 0.15) is 23.8 Å². The molecule has 24 heavy (non-hydrogen) atoms. The molecular formula is C19H16BrNO3. The molecule has 0 aliphatic carbocycles. The van der Waals surface area contributed by atoms with Crippen LogP contribution in [-0.4, -0.2) is 17.9 Å². The molecule has 0 aliphatic heterocycles. The average molecular weight is 386 g/mol. The van der Waals surface area contributed by atoms with Crippen LogP contribution < -0.4 is 9.47 Å². The molecule has 0 fully saturated rings. The van der Waals surface area contributed by atoms with Gasteiger partial charge < -0.3 is 9.47 Å². The zero-order chi connectivity index (χ0) is 17.1. The molecule has 122 valence electrons. The maximum absolute atomic E-state index is 11.9. The fourth-order valence-corrected chi connectivity index (χ4v) is 2.75. The van der Waals surface area contributed by atoms with E-state index in [1.165, 1.54) is 6.92 Å². The molecular weight excluding hydrogens is 370 g/mol. The lowest BCUT2D eigenvalue weighted by molar-refractivity contribution is 0.100. The van der Waals surface area contributed by atoms with Gasteiger partial charge in [-0.25, -0.2) is 4.98 Å². The second kappa shape index (κ2) is 7.01. The maximum atomic E-state index is 11.9. The molecule has 1 aromatic heterocycles. The van der Waals surface area contributed by atoms with E-state index < -0.39 is 0 Å². The molecule has 1 heterocycles. The molecule has 0 saturated heterocycles. The highest BCUT2D eigenvalue weighted by molar-refractivity contribution is 9.10. The van der Waals surface area contributed by atoms with Crippen LogP contribution in [0.1, 0.15) is 23.0 Å². The molecule has 2 aromatic carbocycles. The van der Waals surface area contributed by atoms with Crippen molar-refractivity contribution in [3.8, 4) is 11.5 Å². The summed E-state index contributed by atoms with van der Waals surface area (Å²) < 4.78 is 12.0. The number of carbonyl (C=O) groups is 1. The van der Waals surface area contributed by atoms with Crippen molar-refractivity contribution in [2.24, 2.45) is 0 Å². The summed E-state index contributed by atoms with van der Waals surface area (Å²) in [5, 5.41) is 0.916. The van der Waals surface area contributed by atoms with Crippen molar-refractivity contribution < 1.29 is 14.3 Å². The number of nitrogens with zero attached hydrogens (tertiary/aromatic N) is 1. The van der Waals surface area contributed by atoms with Crippen molar-refractivity contribution in [3.63, 3.8) is 0 Å². The number of ether oxygens (including phenoxy) is 2. The summed E-state index contributed by atoms with van der Waals surface area (Å²) >= 11 is 3.45. The van der Waals surface area contributed by atoms with Crippen LogP contribution in [0.25, 0.3) is 10.9 Å². The molecule has 0 N–H and O–H groups in total. The van der Waals surface area contributed by atoms with Gasteiger partial charge in [0.05, 0.1) is 12.6 Å². The van der Waals surface area contributed by atoms with Gasteiger partial charge in [-0.15, -0.1) is 0 Å². The summed E-state index contributed by atoms with van der Waals surface area (Å²) in [5.41, 5.74) is 2.10. The smallest absolute Gasteiger partial charge is 0.181 e. The summed E-state index contributed by atoms with van der Waals surface area (Å²) in [6, 6.07) is 15.2. The average Bonchev–Trinajstić information content (AvgIpc) is 2.59. The number of methoxy groups -OCH3 is 1. The summed E-state index contributed by atoms with van der Waals surface area (Å²) in [6.07, 6.45) is 0. The molecule has 0 atom stereocenters. The van der Waals surface area contributed by atoms with E-state index >= 15 is 0 Å². The van der Waals surface area contributed by atoms with Crippen LogP contribution >= 0.6 is 15.9 Å². The number of fused-ring (bicyclic) bond motifs is 1. The Morgan fingerprint density at radius 3 is 2.54 bits per heavy atom. The van der Waals surface area contributed by atoms with Gasteiger partial charge in [0.25, 0.3) is 0 Å². The van der Waals surface area contributed by atoms with Crippen LogP contribution in [0.4, 0.5) is 0 Å². The Hall–Kier alpha value is -2.40. The second-order valence-corrected chi connectivity index (χ2v) is 6.28.